The van der Waals surface area contributed by atoms with Crippen molar-refractivity contribution in [3.63, 3.8) is 0 Å². The minimum absolute atomic E-state index is 0.0258. The van der Waals surface area contributed by atoms with E-state index in [9.17, 15) is 14.3 Å². The van der Waals surface area contributed by atoms with E-state index in [-0.39, 0.29) is 26.2 Å². The Bertz CT molecular complexity index is 746. The maximum absolute atomic E-state index is 13.5. The molecule has 0 aliphatic heterocycles. The number of benzene rings is 2. The van der Waals surface area contributed by atoms with Gasteiger partial charge < -0.3 is 5.11 Å². The number of aromatic hydroxyl groups is 1. The fourth-order valence-electron chi connectivity index (χ4n) is 1.59. The van der Waals surface area contributed by atoms with Crippen LogP contribution in [0, 0.1) is 5.82 Å². The van der Waals surface area contributed by atoms with Crippen molar-refractivity contribution < 1.29 is 14.3 Å². The number of nitrogens with one attached hydrogen (secondary N) is 1. The first-order valence-corrected chi connectivity index (χ1v) is 6.99. The van der Waals surface area contributed by atoms with E-state index in [1.54, 1.807) is 0 Å². The van der Waals surface area contributed by atoms with Gasteiger partial charge in [-0.25, -0.2) is 9.82 Å². The first-order chi connectivity index (χ1) is 10.4. The van der Waals surface area contributed by atoms with E-state index < -0.39 is 17.5 Å². The van der Waals surface area contributed by atoms with Gasteiger partial charge in [-0.15, -0.1) is 0 Å². The zero-order chi connectivity index (χ0) is 16.3. The van der Waals surface area contributed by atoms with E-state index in [2.05, 4.69) is 10.5 Å². The van der Waals surface area contributed by atoms with Crippen LogP contribution in [-0.2, 0) is 0 Å². The Kier molecular flexibility index (Phi) is 5.24. The summed E-state index contributed by atoms with van der Waals surface area (Å²) in [5.41, 5.74) is 1.99. The van der Waals surface area contributed by atoms with Crippen molar-refractivity contribution in [1.82, 2.24) is 5.43 Å². The summed E-state index contributed by atoms with van der Waals surface area (Å²) in [7, 11) is 0. The number of phenolic OH excluding ortho intramolecular Hbond substituents is 1. The van der Waals surface area contributed by atoms with Crippen LogP contribution in [0.3, 0.4) is 0 Å². The first kappa shape index (κ1) is 16.5. The Labute approximate surface area is 140 Å². The third kappa shape index (κ3) is 3.68. The normalized spacial score (nSPS) is 10.9. The molecule has 0 aliphatic carbocycles. The summed E-state index contributed by atoms with van der Waals surface area (Å²) in [6, 6.07) is 6.65. The summed E-state index contributed by atoms with van der Waals surface area (Å²) < 4.78 is 13.5. The average Bonchev–Trinajstić information content (AvgIpc) is 2.45. The number of phenols is 1. The number of rotatable bonds is 3. The molecule has 2 aromatic carbocycles. The van der Waals surface area contributed by atoms with Gasteiger partial charge >= 0.3 is 0 Å². The summed E-state index contributed by atoms with van der Waals surface area (Å²) in [6.07, 6.45) is 1.05. The van der Waals surface area contributed by atoms with Crippen LogP contribution in [0.2, 0.25) is 15.1 Å². The van der Waals surface area contributed by atoms with Crippen LogP contribution in [0.5, 0.6) is 5.75 Å². The molecule has 114 valence electrons. The van der Waals surface area contributed by atoms with Crippen molar-refractivity contribution >= 4 is 46.9 Å². The summed E-state index contributed by atoms with van der Waals surface area (Å²) in [6.45, 7) is 0. The molecule has 0 bridgehead atoms. The average molecular weight is 362 g/mol. The van der Waals surface area contributed by atoms with Crippen molar-refractivity contribution in [2.24, 2.45) is 5.10 Å². The monoisotopic (exact) mass is 360 g/mol. The highest BCUT2D eigenvalue weighted by Crippen LogP contribution is 2.31. The fourth-order valence-corrected chi connectivity index (χ4v) is 2.29. The van der Waals surface area contributed by atoms with Crippen LogP contribution >= 0.6 is 34.8 Å². The number of hydrogen-bond acceptors (Lipinski definition) is 3. The van der Waals surface area contributed by atoms with Crippen molar-refractivity contribution in [3.05, 3.63) is 62.3 Å². The molecule has 0 saturated carbocycles. The van der Waals surface area contributed by atoms with Gasteiger partial charge in [0, 0.05) is 10.6 Å². The van der Waals surface area contributed by atoms with Gasteiger partial charge in [-0.3, -0.25) is 4.79 Å². The minimum atomic E-state index is -0.759. The summed E-state index contributed by atoms with van der Waals surface area (Å²) in [4.78, 5) is 11.9. The second kappa shape index (κ2) is 6.96. The molecule has 2 N–H and O–H groups in total. The number of halogens is 4. The second-order valence-electron chi connectivity index (χ2n) is 4.12. The number of carbonyl (C=O) groups is 1. The number of hydrogen-bond donors (Lipinski definition) is 2. The quantitative estimate of drug-likeness (QED) is 0.634. The standard InChI is InChI=1S/C14H8Cl3FN2O2/c15-7-4-8(13(21)11(17)5-7)14(22)20-19-6-9-10(16)2-1-3-12(9)18/h1-6,21H,(H,20,22). The predicted molar refractivity (Wildman–Crippen MR) is 84.6 cm³/mol. The Hall–Kier alpha value is -1.82. The molecule has 0 heterocycles. The largest absolute Gasteiger partial charge is 0.506 e. The van der Waals surface area contributed by atoms with Crippen molar-refractivity contribution in [2.75, 3.05) is 0 Å². The first-order valence-electron chi connectivity index (χ1n) is 5.85. The Morgan fingerprint density at radius 3 is 2.64 bits per heavy atom. The molecule has 0 aromatic heterocycles. The lowest BCUT2D eigenvalue weighted by Crippen LogP contribution is -2.18. The van der Waals surface area contributed by atoms with Crippen LogP contribution in [0.4, 0.5) is 4.39 Å². The molecular weight excluding hydrogens is 354 g/mol. The maximum atomic E-state index is 13.5. The lowest BCUT2D eigenvalue weighted by Gasteiger charge is -2.05. The Morgan fingerprint density at radius 1 is 1.23 bits per heavy atom. The number of nitrogens with zero attached hydrogens (tertiary/aromatic N) is 1. The lowest BCUT2D eigenvalue weighted by molar-refractivity contribution is 0.0952. The van der Waals surface area contributed by atoms with Gasteiger partial charge in [0.2, 0.25) is 0 Å². The van der Waals surface area contributed by atoms with Crippen LogP contribution in [0.15, 0.2) is 35.4 Å². The van der Waals surface area contributed by atoms with E-state index >= 15 is 0 Å². The Balaban J connectivity index is 2.19. The van der Waals surface area contributed by atoms with Gasteiger partial charge in [0.1, 0.15) is 11.6 Å². The summed E-state index contributed by atoms with van der Waals surface area (Å²) >= 11 is 17.3. The molecule has 0 aliphatic rings. The Morgan fingerprint density at radius 2 is 1.95 bits per heavy atom. The third-order valence-electron chi connectivity index (χ3n) is 2.63. The van der Waals surface area contributed by atoms with Crippen LogP contribution < -0.4 is 5.43 Å². The zero-order valence-corrected chi connectivity index (χ0v) is 13.0. The van der Waals surface area contributed by atoms with Crippen LogP contribution in [0.25, 0.3) is 0 Å². The van der Waals surface area contributed by atoms with Gasteiger partial charge in [0.05, 0.1) is 21.8 Å². The van der Waals surface area contributed by atoms with Gasteiger partial charge in [-0.1, -0.05) is 40.9 Å². The number of amides is 1. The summed E-state index contributed by atoms with van der Waals surface area (Å²) in [5.74, 6) is -1.77. The molecular formula is C14H8Cl3FN2O2. The molecule has 0 fully saturated rings. The number of hydrazone groups is 1. The van der Waals surface area contributed by atoms with E-state index in [4.69, 9.17) is 34.8 Å². The van der Waals surface area contributed by atoms with E-state index in [1.165, 1.54) is 30.3 Å². The highest BCUT2D eigenvalue weighted by Gasteiger charge is 2.15. The summed E-state index contributed by atoms with van der Waals surface area (Å²) in [5, 5.41) is 13.6. The molecule has 0 spiro atoms. The number of carbonyl (C=O) groups excluding carboxylic acids is 1. The SMILES string of the molecule is O=C(NN=Cc1c(F)cccc1Cl)c1cc(Cl)cc(Cl)c1O. The van der Waals surface area contributed by atoms with E-state index in [0.29, 0.717) is 0 Å². The van der Waals surface area contributed by atoms with Gasteiger partial charge in [0.15, 0.2) is 0 Å². The van der Waals surface area contributed by atoms with Gasteiger partial charge in [0.25, 0.3) is 5.91 Å². The zero-order valence-electron chi connectivity index (χ0n) is 10.8. The molecule has 0 atom stereocenters. The van der Waals surface area contributed by atoms with Crippen LogP contribution in [0.1, 0.15) is 15.9 Å². The molecule has 22 heavy (non-hydrogen) atoms. The van der Waals surface area contributed by atoms with Crippen molar-refractivity contribution in [3.8, 4) is 5.75 Å². The second-order valence-corrected chi connectivity index (χ2v) is 5.37. The minimum Gasteiger partial charge on any atom is -0.506 e. The molecule has 2 aromatic rings. The smallest absolute Gasteiger partial charge is 0.275 e. The molecule has 0 saturated heterocycles. The van der Waals surface area contributed by atoms with Crippen molar-refractivity contribution in [2.45, 2.75) is 0 Å². The highest BCUT2D eigenvalue weighted by molar-refractivity contribution is 6.36. The molecule has 2 rings (SSSR count). The highest BCUT2D eigenvalue weighted by atomic mass is 35.5. The lowest BCUT2D eigenvalue weighted by atomic mass is 10.2. The van der Waals surface area contributed by atoms with Crippen LogP contribution in [-0.4, -0.2) is 17.2 Å². The van der Waals surface area contributed by atoms with E-state index in [1.807, 2.05) is 0 Å². The molecule has 0 radical (unpaired) electrons. The molecule has 4 nitrogen and oxygen atoms in total. The maximum Gasteiger partial charge on any atom is 0.275 e. The third-order valence-corrected chi connectivity index (χ3v) is 3.47. The van der Waals surface area contributed by atoms with Gasteiger partial charge in [-0.2, -0.15) is 5.10 Å². The molecule has 8 heteroatoms. The predicted octanol–water partition coefficient (Wildman–Crippen LogP) is 4.26. The fraction of sp³-hybridized carbons (Fsp3) is 0. The van der Waals surface area contributed by atoms with E-state index in [0.717, 1.165) is 6.21 Å². The van der Waals surface area contributed by atoms with Gasteiger partial charge in [-0.05, 0) is 24.3 Å². The molecule has 1 amide bonds. The topological polar surface area (TPSA) is 61.7 Å². The van der Waals surface area contributed by atoms with Crippen molar-refractivity contribution in [1.29, 1.82) is 0 Å². The molecule has 0 unspecified atom stereocenters.